The molecule has 0 radical (unpaired) electrons. The van der Waals surface area contributed by atoms with E-state index in [4.69, 9.17) is 0 Å². The molecule has 3 rings (SSSR count). The Morgan fingerprint density at radius 3 is 2.36 bits per heavy atom. The van der Waals surface area contributed by atoms with Crippen molar-refractivity contribution in [2.75, 3.05) is 11.2 Å². The Morgan fingerprint density at radius 2 is 1.64 bits per heavy atom. The zero-order valence-electron chi connectivity index (χ0n) is 12.4. The number of nitrogens with zero attached hydrogens (tertiary/aromatic N) is 2. The van der Waals surface area contributed by atoms with Crippen LogP contribution in [0.4, 0.5) is 5.69 Å². The largest absolute Gasteiger partial charge is 0.342 e. The van der Waals surface area contributed by atoms with E-state index in [1.54, 1.807) is 6.20 Å². The molecule has 0 amide bonds. The number of fused-ring (bicyclic) bond motifs is 1. The normalized spacial score (nSPS) is 14.6. The Kier molecular flexibility index (Phi) is 3.90. The van der Waals surface area contributed by atoms with Crippen molar-refractivity contribution in [1.29, 1.82) is 0 Å². The zero-order valence-corrected chi connectivity index (χ0v) is 13.2. The first-order valence-electron chi connectivity index (χ1n) is 7.08. The third-order valence-electron chi connectivity index (χ3n) is 3.66. The van der Waals surface area contributed by atoms with Crippen LogP contribution in [-0.2, 0) is 23.1 Å². The molecular weight excluding hydrogens is 296 g/mol. The molecule has 0 fully saturated rings. The van der Waals surface area contributed by atoms with Gasteiger partial charge in [-0.05, 0) is 17.2 Å². The van der Waals surface area contributed by atoms with Gasteiger partial charge in [-0.1, -0.05) is 48.5 Å². The summed E-state index contributed by atoms with van der Waals surface area (Å²) in [5.74, 6) is 0. The Morgan fingerprint density at radius 1 is 0.955 bits per heavy atom. The standard InChI is InChI=1S/C17H18N2O2S/c1-22(20,21)19-12-11-18(13-15-7-3-2-4-8-15)17-10-6-5-9-16(17)14-19/h2-12H,13-14H2,1H3. The van der Waals surface area contributed by atoms with E-state index < -0.39 is 10.0 Å². The average Bonchev–Trinajstić information content (AvgIpc) is 2.68. The van der Waals surface area contributed by atoms with Crippen molar-refractivity contribution in [3.63, 3.8) is 0 Å². The van der Waals surface area contributed by atoms with Gasteiger partial charge >= 0.3 is 0 Å². The van der Waals surface area contributed by atoms with Gasteiger partial charge in [-0.2, -0.15) is 0 Å². The molecule has 0 atom stereocenters. The van der Waals surface area contributed by atoms with Crippen molar-refractivity contribution in [2.45, 2.75) is 13.1 Å². The van der Waals surface area contributed by atoms with Crippen LogP contribution < -0.4 is 4.90 Å². The fraction of sp³-hybridized carbons (Fsp3) is 0.176. The van der Waals surface area contributed by atoms with Crippen LogP contribution in [0.25, 0.3) is 0 Å². The first kappa shape index (κ1) is 14.7. The summed E-state index contributed by atoms with van der Waals surface area (Å²) in [4.78, 5) is 2.08. The summed E-state index contributed by atoms with van der Waals surface area (Å²) < 4.78 is 25.1. The minimum atomic E-state index is -3.27. The van der Waals surface area contributed by atoms with Crippen LogP contribution in [-0.4, -0.2) is 19.0 Å². The van der Waals surface area contributed by atoms with Crippen LogP contribution in [0.5, 0.6) is 0 Å². The number of para-hydroxylation sites is 1. The molecule has 4 nitrogen and oxygen atoms in total. The van der Waals surface area contributed by atoms with Gasteiger partial charge in [0.05, 0.1) is 12.8 Å². The maximum Gasteiger partial charge on any atom is 0.232 e. The highest BCUT2D eigenvalue weighted by molar-refractivity contribution is 7.88. The van der Waals surface area contributed by atoms with Crippen molar-refractivity contribution in [3.05, 3.63) is 78.1 Å². The van der Waals surface area contributed by atoms with Crippen LogP contribution in [0.1, 0.15) is 11.1 Å². The van der Waals surface area contributed by atoms with Crippen LogP contribution in [0.3, 0.4) is 0 Å². The fourth-order valence-corrected chi connectivity index (χ4v) is 3.18. The predicted molar refractivity (Wildman–Crippen MR) is 88.6 cm³/mol. The Bertz CT molecular complexity index is 785. The number of sulfonamides is 1. The number of benzene rings is 2. The average molecular weight is 314 g/mol. The van der Waals surface area contributed by atoms with Gasteiger partial charge in [0.2, 0.25) is 10.0 Å². The molecule has 22 heavy (non-hydrogen) atoms. The summed E-state index contributed by atoms with van der Waals surface area (Å²) >= 11 is 0. The summed E-state index contributed by atoms with van der Waals surface area (Å²) in [6.45, 7) is 1.06. The minimum Gasteiger partial charge on any atom is -0.342 e. The van der Waals surface area contributed by atoms with Crippen molar-refractivity contribution >= 4 is 15.7 Å². The van der Waals surface area contributed by atoms with E-state index in [0.29, 0.717) is 13.1 Å². The van der Waals surface area contributed by atoms with Crippen molar-refractivity contribution in [2.24, 2.45) is 0 Å². The van der Waals surface area contributed by atoms with Gasteiger partial charge in [0.15, 0.2) is 0 Å². The molecule has 114 valence electrons. The number of hydrogen-bond acceptors (Lipinski definition) is 3. The van der Waals surface area contributed by atoms with Crippen LogP contribution in [0.2, 0.25) is 0 Å². The topological polar surface area (TPSA) is 40.6 Å². The Hall–Kier alpha value is -2.27. The molecule has 2 aromatic rings. The summed E-state index contributed by atoms with van der Waals surface area (Å²) in [7, 11) is -3.27. The number of anilines is 1. The van der Waals surface area contributed by atoms with Gasteiger partial charge in [-0.25, -0.2) is 8.42 Å². The van der Waals surface area contributed by atoms with E-state index in [-0.39, 0.29) is 0 Å². The maximum atomic E-state index is 11.9. The van der Waals surface area contributed by atoms with Gasteiger partial charge in [-0.3, -0.25) is 4.31 Å². The van der Waals surface area contributed by atoms with E-state index in [1.165, 1.54) is 16.1 Å². The molecule has 0 saturated carbocycles. The maximum absolute atomic E-state index is 11.9. The molecular formula is C17H18N2O2S. The molecule has 0 spiro atoms. The number of hydrogen-bond donors (Lipinski definition) is 0. The number of rotatable bonds is 3. The van der Waals surface area contributed by atoms with E-state index in [9.17, 15) is 8.42 Å². The molecule has 0 N–H and O–H groups in total. The molecule has 2 aromatic carbocycles. The van der Waals surface area contributed by atoms with Crippen molar-refractivity contribution in [3.8, 4) is 0 Å². The summed E-state index contributed by atoms with van der Waals surface area (Å²) in [5, 5.41) is 0. The summed E-state index contributed by atoms with van der Waals surface area (Å²) in [6.07, 6.45) is 4.70. The monoisotopic (exact) mass is 314 g/mol. The second-order valence-corrected chi connectivity index (χ2v) is 7.28. The lowest BCUT2D eigenvalue weighted by molar-refractivity contribution is 0.503. The highest BCUT2D eigenvalue weighted by atomic mass is 32.2. The first-order chi connectivity index (χ1) is 10.5. The molecule has 0 bridgehead atoms. The van der Waals surface area contributed by atoms with E-state index in [1.807, 2.05) is 48.7 Å². The molecule has 1 aliphatic rings. The van der Waals surface area contributed by atoms with Crippen LogP contribution in [0.15, 0.2) is 67.0 Å². The lowest BCUT2D eigenvalue weighted by Crippen LogP contribution is -2.23. The third-order valence-corrected chi connectivity index (χ3v) is 4.76. The molecule has 1 heterocycles. The molecule has 0 unspecified atom stereocenters. The molecule has 0 aliphatic carbocycles. The predicted octanol–water partition coefficient (Wildman–Crippen LogP) is 2.94. The van der Waals surface area contributed by atoms with Gasteiger partial charge < -0.3 is 4.90 Å². The Labute approximate surface area is 131 Å². The van der Waals surface area contributed by atoms with Crippen LogP contribution >= 0.6 is 0 Å². The second-order valence-electron chi connectivity index (χ2n) is 5.35. The highest BCUT2D eigenvalue weighted by Crippen LogP contribution is 2.27. The van der Waals surface area contributed by atoms with Crippen molar-refractivity contribution < 1.29 is 8.42 Å². The molecule has 0 saturated heterocycles. The van der Waals surface area contributed by atoms with Gasteiger partial charge in [0.25, 0.3) is 0 Å². The van der Waals surface area contributed by atoms with Gasteiger partial charge in [-0.15, -0.1) is 0 Å². The van der Waals surface area contributed by atoms with E-state index in [0.717, 1.165) is 11.3 Å². The summed E-state index contributed by atoms with van der Waals surface area (Å²) in [6, 6.07) is 18.0. The third kappa shape index (κ3) is 3.14. The van der Waals surface area contributed by atoms with Crippen LogP contribution in [0, 0.1) is 0 Å². The molecule has 0 aromatic heterocycles. The van der Waals surface area contributed by atoms with E-state index in [2.05, 4.69) is 17.0 Å². The van der Waals surface area contributed by atoms with E-state index >= 15 is 0 Å². The van der Waals surface area contributed by atoms with Gasteiger partial charge in [0.1, 0.15) is 0 Å². The molecule has 5 heteroatoms. The zero-order chi connectivity index (χ0) is 15.6. The van der Waals surface area contributed by atoms with Crippen molar-refractivity contribution in [1.82, 2.24) is 4.31 Å². The highest BCUT2D eigenvalue weighted by Gasteiger charge is 2.20. The SMILES string of the molecule is CS(=O)(=O)N1C=CN(Cc2ccccc2)c2ccccc2C1. The van der Waals surface area contributed by atoms with Gasteiger partial charge in [0, 0.05) is 24.6 Å². The summed E-state index contributed by atoms with van der Waals surface area (Å²) in [5.41, 5.74) is 3.21. The lowest BCUT2D eigenvalue weighted by Gasteiger charge is -2.21. The molecule has 1 aliphatic heterocycles. The lowest BCUT2D eigenvalue weighted by atomic mass is 10.1. The fourth-order valence-electron chi connectivity index (χ4n) is 2.53. The quantitative estimate of drug-likeness (QED) is 0.874. The second kappa shape index (κ2) is 5.85. The smallest absolute Gasteiger partial charge is 0.232 e. The first-order valence-corrected chi connectivity index (χ1v) is 8.92. The minimum absolute atomic E-state index is 0.358. The Balaban J connectivity index is 1.99.